The minimum Gasteiger partial charge on any atom is -0.491 e. The van der Waals surface area contributed by atoms with Crippen molar-refractivity contribution < 1.29 is 14.2 Å². The van der Waals surface area contributed by atoms with E-state index >= 15 is 0 Å². The summed E-state index contributed by atoms with van der Waals surface area (Å²) in [5.41, 5.74) is 6.65. The molecule has 1 fully saturated rings. The Morgan fingerprint density at radius 1 is 1.28 bits per heavy atom. The van der Waals surface area contributed by atoms with Crippen molar-refractivity contribution in [3.05, 3.63) is 18.2 Å². The second-order valence-corrected chi connectivity index (χ2v) is 4.45. The fourth-order valence-corrected chi connectivity index (χ4v) is 1.94. The van der Waals surface area contributed by atoms with Gasteiger partial charge in [-0.15, -0.1) is 0 Å². The van der Waals surface area contributed by atoms with Gasteiger partial charge in [-0.1, -0.05) is 13.0 Å². The van der Waals surface area contributed by atoms with Crippen molar-refractivity contribution in [1.29, 1.82) is 0 Å². The van der Waals surface area contributed by atoms with Crippen LogP contribution in [0.15, 0.2) is 18.2 Å². The Hall–Kier alpha value is -1.42. The van der Waals surface area contributed by atoms with Crippen LogP contribution in [0.25, 0.3) is 0 Å². The Kier molecular flexibility index (Phi) is 4.70. The molecule has 0 atom stereocenters. The highest BCUT2D eigenvalue weighted by Gasteiger charge is 2.17. The summed E-state index contributed by atoms with van der Waals surface area (Å²) in [5, 5.41) is 0. The van der Waals surface area contributed by atoms with Crippen molar-refractivity contribution in [2.45, 2.75) is 32.3 Å². The van der Waals surface area contributed by atoms with E-state index < -0.39 is 0 Å². The molecule has 0 bridgehead atoms. The first-order chi connectivity index (χ1) is 8.81. The zero-order valence-corrected chi connectivity index (χ0v) is 10.9. The smallest absolute Gasteiger partial charge is 0.146 e. The van der Waals surface area contributed by atoms with Crippen LogP contribution in [0.1, 0.15) is 26.2 Å². The van der Waals surface area contributed by atoms with Crippen molar-refractivity contribution in [1.82, 2.24) is 0 Å². The van der Waals surface area contributed by atoms with Crippen LogP contribution in [0.3, 0.4) is 0 Å². The second kappa shape index (κ2) is 6.50. The summed E-state index contributed by atoms with van der Waals surface area (Å²) >= 11 is 0. The molecule has 2 rings (SSSR count). The largest absolute Gasteiger partial charge is 0.491 e. The molecule has 100 valence electrons. The van der Waals surface area contributed by atoms with Crippen molar-refractivity contribution >= 4 is 5.69 Å². The molecule has 0 radical (unpaired) electrons. The van der Waals surface area contributed by atoms with Crippen LogP contribution in [-0.2, 0) is 4.74 Å². The quantitative estimate of drug-likeness (QED) is 0.817. The molecule has 1 aliphatic rings. The van der Waals surface area contributed by atoms with Crippen LogP contribution in [-0.4, -0.2) is 25.9 Å². The third-order valence-corrected chi connectivity index (χ3v) is 2.95. The summed E-state index contributed by atoms with van der Waals surface area (Å²) in [6.07, 6.45) is 2.99. The van der Waals surface area contributed by atoms with E-state index in [4.69, 9.17) is 19.9 Å². The van der Waals surface area contributed by atoms with E-state index in [1.807, 2.05) is 18.2 Å². The van der Waals surface area contributed by atoms with E-state index in [1.54, 1.807) is 0 Å². The Labute approximate surface area is 108 Å². The number of para-hydroxylation sites is 1. The van der Waals surface area contributed by atoms with Crippen LogP contribution in [0, 0.1) is 0 Å². The zero-order valence-electron chi connectivity index (χ0n) is 10.9. The highest BCUT2D eigenvalue weighted by Crippen LogP contribution is 2.33. The fraction of sp³-hybridized carbons (Fsp3) is 0.571. The molecule has 0 aromatic heterocycles. The number of ether oxygens (including phenoxy) is 3. The molecule has 0 saturated carbocycles. The molecule has 0 aliphatic carbocycles. The third-order valence-electron chi connectivity index (χ3n) is 2.95. The maximum absolute atomic E-state index is 6.06. The predicted molar refractivity (Wildman–Crippen MR) is 71.1 cm³/mol. The molecule has 1 aromatic carbocycles. The van der Waals surface area contributed by atoms with Gasteiger partial charge in [0.2, 0.25) is 0 Å². The minimum absolute atomic E-state index is 0.197. The Bertz CT molecular complexity index is 375. The van der Waals surface area contributed by atoms with E-state index in [1.165, 1.54) is 0 Å². The monoisotopic (exact) mass is 251 g/mol. The molecular formula is C14H21NO3. The first-order valence-corrected chi connectivity index (χ1v) is 6.57. The molecular weight excluding hydrogens is 230 g/mol. The zero-order chi connectivity index (χ0) is 12.8. The Morgan fingerprint density at radius 2 is 2.00 bits per heavy atom. The van der Waals surface area contributed by atoms with Crippen LogP contribution in [0.2, 0.25) is 0 Å². The number of nitrogen functional groups attached to an aromatic ring is 1. The summed E-state index contributed by atoms with van der Waals surface area (Å²) in [6.45, 7) is 4.26. The van der Waals surface area contributed by atoms with Crippen molar-refractivity contribution in [2.75, 3.05) is 25.6 Å². The molecule has 2 N–H and O–H groups in total. The van der Waals surface area contributed by atoms with Gasteiger partial charge in [0.05, 0.1) is 19.8 Å². The lowest BCUT2D eigenvalue weighted by atomic mass is 10.1. The van der Waals surface area contributed by atoms with Gasteiger partial charge < -0.3 is 19.9 Å². The molecule has 0 unspecified atom stereocenters. The maximum Gasteiger partial charge on any atom is 0.146 e. The number of hydrogen-bond donors (Lipinski definition) is 1. The SMILES string of the molecule is CCCOc1cccc(OC2CCOCC2)c1N. The number of anilines is 1. The van der Waals surface area contributed by atoms with Gasteiger partial charge in [0, 0.05) is 12.8 Å². The van der Waals surface area contributed by atoms with Crippen LogP contribution >= 0.6 is 0 Å². The normalized spacial score (nSPS) is 16.5. The molecule has 18 heavy (non-hydrogen) atoms. The summed E-state index contributed by atoms with van der Waals surface area (Å²) < 4.78 is 16.8. The highest BCUT2D eigenvalue weighted by atomic mass is 16.5. The molecule has 1 aromatic rings. The van der Waals surface area contributed by atoms with Crippen molar-refractivity contribution in [3.8, 4) is 11.5 Å². The molecule has 1 saturated heterocycles. The van der Waals surface area contributed by atoms with E-state index in [-0.39, 0.29) is 6.10 Å². The molecule has 1 aliphatic heterocycles. The molecule has 4 heteroatoms. The lowest BCUT2D eigenvalue weighted by Gasteiger charge is -2.24. The number of rotatable bonds is 5. The lowest BCUT2D eigenvalue weighted by molar-refractivity contribution is 0.0258. The van der Waals surface area contributed by atoms with Crippen LogP contribution in [0.4, 0.5) is 5.69 Å². The predicted octanol–water partition coefficient (Wildman–Crippen LogP) is 2.62. The average molecular weight is 251 g/mol. The van der Waals surface area contributed by atoms with Gasteiger partial charge in [-0.2, -0.15) is 0 Å². The standard InChI is InChI=1S/C14H21NO3/c1-2-8-17-12-4-3-5-13(14(12)15)18-11-6-9-16-10-7-11/h3-5,11H,2,6-10,15H2,1H3. The lowest BCUT2D eigenvalue weighted by Crippen LogP contribution is -2.26. The molecule has 1 heterocycles. The summed E-state index contributed by atoms with van der Waals surface area (Å²) in [6, 6.07) is 5.68. The molecule has 0 amide bonds. The van der Waals surface area contributed by atoms with Gasteiger partial charge in [-0.05, 0) is 18.6 Å². The second-order valence-electron chi connectivity index (χ2n) is 4.45. The van der Waals surface area contributed by atoms with E-state index in [9.17, 15) is 0 Å². The first-order valence-electron chi connectivity index (χ1n) is 6.57. The first kappa shape index (κ1) is 13.0. The number of nitrogens with two attached hydrogens (primary N) is 1. The van der Waals surface area contributed by atoms with Gasteiger partial charge in [0.25, 0.3) is 0 Å². The van der Waals surface area contributed by atoms with Gasteiger partial charge in [-0.25, -0.2) is 0 Å². The van der Waals surface area contributed by atoms with Gasteiger partial charge in [0.15, 0.2) is 0 Å². The van der Waals surface area contributed by atoms with Gasteiger partial charge in [-0.3, -0.25) is 0 Å². The third kappa shape index (κ3) is 3.29. The minimum atomic E-state index is 0.197. The molecule has 4 nitrogen and oxygen atoms in total. The van der Waals surface area contributed by atoms with Crippen LogP contribution in [0.5, 0.6) is 11.5 Å². The Balaban J connectivity index is 2.02. The Morgan fingerprint density at radius 3 is 2.72 bits per heavy atom. The summed E-state index contributed by atoms with van der Waals surface area (Å²) in [7, 11) is 0. The van der Waals surface area contributed by atoms with E-state index in [0.717, 1.165) is 38.2 Å². The van der Waals surface area contributed by atoms with Crippen molar-refractivity contribution in [2.24, 2.45) is 0 Å². The van der Waals surface area contributed by atoms with Crippen LogP contribution < -0.4 is 15.2 Å². The average Bonchev–Trinajstić information content (AvgIpc) is 2.41. The van der Waals surface area contributed by atoms with E-state index in [2.05, 4.69) is 6.92 Å². The number of hydrogen-bond acceptors (Lipinski definition) is 4. The maximum atomic E-state index is 6.06. The molecule has 0 spiro atoms. The topological polar surface area (TPSA) is 53.7 Å². The van der Waals surface area contributed by atoms with Gasteiger partial charge in [0.1, 0.15) is 23.3 Å². The number of benzene rings is 1. The fourth-order valence-electron chi connectivity index (χ4n) is 1.94. The van der Waals surface area contributed by atoms with E-state index in [0.29, 0.717) is 18.0 Å². The van der Waals surface area contributed by atoms with Crippen molar-refractivity contribution in [3.63, 3.8) is 0 Å². The van der Waals surface area contributed by atoms with Gasteiger partial charge >= 0.3 is 0 Å². The summed E-state index contributed by atoms with van der Waals surface area (Å²) in [5.74, 6) is 1.43. The summed E-state index contributed by atoms with van der Waals surface area (Å²) in [4.78, 5) is 0. The highest BCUT2D eigenvalue weighted by molar-refractivity contribution is 5.62.